The first-order valence-corrected chi connectivity index (χ1v) is 14.5. The molecule has 1 N–H and O–H groups in total. The molecule has 1 aliphatic rings. The molecule has 1 amide bonds. The molecule has 0 radical (unpaired) electrons. The number of alkyl halides is 2. The summed E-state index contributed by atoms with van der Waals surface area (Å²) in [6.45, 7) is 16.0. The van der Waals surface area contributed by atoms with E-state index in [1.165, 1.54) is 6.20 Å². The van der Waals surface area contributed by atoms with Gasteiger partial charge in [-0.25, -0.2) is 18.6 Å². The Morgan fingerprint density at radius 1 is 1.27 bits per heavy atom. The minimum absolute atomic E-state index is 0.0910. The Kier molecular flexibility index (Phi) is 14.6. The van der Waals surface area contributed by atoms with Crippen molar-refractivity contribution < 1.29 is 18.7 Å². The topological polar surface area (TPSA) is 102 Å². The van der Waals surface area contributed by atoms with Gasteiger partial charge in [0.25, 0.3) is 5.92 Å². The van der Waals surface area contributed by atoms with Gasteiger partial charge in [-0.3, -0.25) is 14.9 Å². The number of aromatic nitrogens is 2. The highest BCUT2D eigenvalue weighted by atomic mass is 19.3. The summed E-state index contributed by atoms with van der Waals surface area (Å²) in [5, 5.41) is 18.2. The first-order valence-electron chi connectivity index (χ1n) is 14.5. The van der Waals surface area contributed by atoms with Gasteiger partial charge >= 0.3 is 6.09 Å². The summed E-state index contributed by atoms with van der Waals surface area (Å²) >= 11 is 0. The van der Waals surface area contributed by atoms with Crippen LogP contribution in [0.2, 0.25) is 0 Å². The van der Waals surface area contributed by atoms with Crippen LogP contribution in [0.4, 0.5) is 25.1 Å². The lowest BCUT2D eigenvalue weighted by atomic mass is 9.76. The van der Waals surface area contributed by atoms with Crippen molar-refractivity contribution in [2.45, 2.75) is 105 Å². The van der Waals surface area contributed by atoms with E-state index in [1.807, 2.05) is 67.5 Å². The molecule has 3 rings (SSSR count). The quantitative estimate of drug-likeness (QED) is 0.334. The Balaban J connectivity index is 0.000000500. The second kappa shape index (κ2) is 16.8. The van der Waals surface area contributed by atoms with Crippen LogP contribution in [-0.2, 0) is 5.41 Å². The van der Waals surface area contributed by atoms with Gasteiger partial charge in [0, 0.05) is 30.5 Å². The number of anilines is 1. The fourth-order valence-electron chi connectivity index (χ4n) is 4.62. The predicted molar refractivity (Wildman–Crippen MR) is 162 cm³/mol. The zero-order valence-corrected chi connectivity index (χ0v) is 25.9. The summed E-state index contributed by atoms with van der Waals surface area (Å²) in [7, 11) is 0. The molecule has 1 aromatic heterocycles. The van der Waals surface area contributed by atoms with E-state index in [4.69, 9.17) is 5.26 Å². The number of aryl methyl sites for hydroxylation is 1. The van der Waals surface area contributed by atoms with Gasteiger partial charge in [-0.05, 0) is 62.8 Å². The summed E-state index contributed by atoms with van der Waals surface area (Å²) in [5.74, 6) is -3.15. The van der Waals surface area contributed by atoms with E-state index >= 15 is 0 Å². The standard InChI is InChI=1S/C20H31F2N3O2.C10H10N2.C2H6/c1-5-6-7-15-10-14(8-9-20(15,21)22)13-25(18(26)27)17-12-23-16(11-24-17)19(2,3)4;1-3-12-10-5-4-9(7-11)6-8(10)2;1-2/h11-12,14-15H,5-10,13H2,1-4H3,(H,26,27);3-6H,1-2H3;1-2H3/t14-,15-;;/m1../s1. The average molecular weight is 572 g/mol. The lowest BCUT2D eigenvalue weighted by Crippen LogP contribution is -2.41. The van der Waals surface area contributed by atoms with E-state index in [-0.39, 0.29) is 30.1 Å². The normalized spacial score (nSPS) is 17.9. The molecule has 0 spiro atoms. The van der Waals surface area contributed by atoms with Crippen LogP contribution in [0, 0.1) is 30.1 Å². The van der Waals surface area contributed by atoms with Gasteiger partial charge in [-0.2, -0.15) is 5.26 Å². The van der Waals surface area contributed by atoms with Crippen molar-refractivity contribution in [3.05, 3.63) is 47.4 Å². The molecular weight excluding hydrogens is 524 g/mol. The molecule has 9 heteroatoms. The molecule has 1 aliphatic carbocycles. The molecule has 1 fully saturated rings. The van der Waals surface area contributed by atoms with Crippen molar-refractivity contribution in [3.8, 4) is 6.07 Å². The highest BCUT2D eigenvalue weighted by Gasteiger charge is 2.44. The fraction of sp³-hybridized carbons (Fsp3) is 0.594. The molecule has 41 heavy (non-hydrogen) atoms. The van der Waals surface area contributed by atoms with E-state index in [9.17, 15) is 18.7 Å². The van der Waals surface area contributed by atoms with Crippen LogP contribution in [0.5, 0.6) is 0 Å². The highest BCUT2D eigenvalue weighted by molar-refractivity contribution is 5.84. The van der Waals surface area contributed by atoms with E-state index in [0.717, 1.165) is 34.7 Å². The second-order valence-electron chi connectivity index (χ2n) is 11.1. The third-order valence-electron chi connectivity index (χ3n) is 6.96. The smallest absolute Gasteiger partial charge is 0.413 e. The van der Waals surface area contributed by atoms with Gasteiger partial charge in [-0.1, -0.05) is 54.4 Å². The minimum atomic E-state index is -2.64. The molecule has 1 saturated carbocycles. The number of rotatable bonds is 7. The Bertz CT molecular complexity index is 1150. The lowest BCUT2D eigenvalue weighted by molar-refractivity contribution is -0.0998. The molecule has 1 aromatic carbocycles. The Morgan fingerprint density at radius 3 is 2.44 bits per heavy atom. The van der Waals surface area contributed by atoms with E-state index in [0.29, 0.717) is 24.8 Å². The molecule has 0 saturated heterocycles. The van der Waals surface area contributed by atoms with Crippen molar-refractivity contribution in [2.75, 3.05) is 11.4 Å². The number of hydrogen-bond acceptors (Lipinski definition) is 5. The zero-order chi connectivity index (χ0) is 31.2. The number of aliphatic imine (C=N–C) groups is 1. The minimum Gasteiger partial charge on any atom is -0.465 e. The first-order chi connectivity index (χ1) is 19.3. The van der Waals surface area contributed by atoms with Gasteiger partial charge in [-0.15, -0.1) is 0 Å². The van der Waals surface area contributed by atoms with E-state index < -0.39 is 17.9 Å². The molecule has 0 unspecified atom stereocenters. The fourth-order valence-corrected chi connectivity index (χ4v) is 4.62. The summed E-state index contributed by atoms with van der Waals surface area (Å²) in [4.78, 5) is 25.6. The van der Waals surface area contributed by atoms with Gasteiger partial charge in [0.2, 0.25) is 0 Å². The average Bonchev–Trinajstić information content (AvgIpc) is 2.93. The van der Waals surface area contributed by atoms with Gasteiger partial charge in [0.15, 0.2) is 5.82 Å². The van der Waals surface area contributed by atoms with Crippen molar-refractivity contribution >= 4 is 23.8 Å². The predicted octanol–water partition coefficient (Wildman–Crippen LogP) is 9.12. The van der Waals surface area contributed by atoms with E-state index in [1.54, 1.807) is 18.5 Å². The van der Waals surface area contributed by atoms with Crippen LogP contribution < -0.4 is 4.90 Å². The van der Waals surface area contributed by atoms with Crippen LogP contribution in [-0.4, -0.2) is 39.8 Å². The molecule has 2 aromatic rings. The van der Waals surface area contributed by atoms with E-state index in [2.05, 4.69) is 21.0 Å². The zero-order valence-electron chi connectivity index (χ0n) is 25.9. The number of carbonyl (C=O) groups is 1. The monoisotopic (exact) mass is 571 g/mol. The maximum absolute atomic E-state index is 14.2. The van der Waals surface area contributed by atoms with Crippen LogP contribution in [0.25, 0.3) is 0 Å². The Morgan fingerprint density at radius 2 is 1.95 bits per heavy atom. The van der Waals surface area contributed by atoms with Crippen molar-refractivity contribution in [1.82, 2.24) is 9.97 Å². The van der Waals surface area contributed by atoms with Crippen LogP contribution >= 0.6 is 0 Å². The largest absolute Gasteiger partial charge is 0.465 e. The molecule has 1 heterocycles. The summed E-state index contributed by atoms with van der Waals surface area (Å²) in [6, 6.07) is 7.55. The maximum Gasteiger partial charge on any atom is 0.413 e. The second-order valence-corrected chi connectivity index (χ2v) is 11.1. The van der Waals surface area contributed by atoms with Crippen molar-refractivity contribution in [1.29, 1.82) is 5.26 Å². The number of hydrogen-bond donors (Lipinski definition) is 1. The third-order valence-corrected chi connectivity index (χ3v) is 6.96. The Labute approximate surface area is 244 Å². The molecule has 7 nitrogen and oxygen atoms in total. The van der Waals surface area contributed by atoms with Crippen molar-refractivity contribution in [3.63, 3.8) is 0 Å². The summed E-state index contributed by atoms with van der Waals surface area (Å²) in [5.41, 5.74) is 3.24. The molecule has 2 atom stereocenters. The van der Waals surface area contributed by atoms with Crippen LogP contribution in [0.15, 0.2) is 35.6 Å². The summed E-state index contributed by atoms with van der Waals surface area (Å²) < 4.78 is 28.4. The maximum atomic E-state index is 14.2. The number of amides is 1. The number of benzene rings is 1. The molecular formula is C32H47F2N5O2. The van der Waals surface area contributed by atoms with Gasteiger partial charge in [0.05, 0.1) is 35.4 Å². The number of carboxylic acid groups (broad SMARTS) is 1. The lowest BCUT2D eigenvalue weighted by Gasteiger charge is -2.37. The Hall–Kier alpha value is -3.41. The SMILES string of the molecule is CC.CC=Nc1ccc(C#N)cc1C.CCCC[C@@H]1C[C@H](CN(C(=O)O)c2cnc(C(C)(C)C)cn2)CCC1(F)F. The van der Waals surface area contributed by atoms with Crippen LogP contribution in [0.1, 0.15) is 104 Å². The number of unbranched alkanes of at least 4 members (excludes halogenated alkanes) is 1. The van der Waals surface area contributed by atoms with Gasteiger partial charge < -0.3 is 5.11 Å². The van der Waals surface area contributed by atoms with Crippen LogP contribution in [0.3, 0.4) is 0 Å². The van der Waals surface area contributed by atoms with Gasteiger partial charge in [0.1, 0.15) is 0 Å². The number of nitriles is 1. The van der Waals surface area contributed by atoms with Crippen molar-refractivity contribution in [2.24, 2.45) is 16.8 Å². The first kappa shape index (κ1) is 35.6. The molecule has 226 valence electrons. The highest BCUT2D eigenvalue weighted by Crippen LogP contribution is 2.44. The number of halogens is 2. The number of nitrogens with zero attached hydrogens (tertiary/aromatic N) is 5. The summed E-state index contributed by atoms with van der Waals surface area (Å²) in [6.07, 6.45) is 6.32. The molecule has 0 aliphatic heterocycles. The third kappa shape index (κ3) is 11.2. The molecule has 0 bridgehead atoms.